The fourth-order valence-electron chi connectivity index (χ4n) is 4.70. The van der Waals surface area contributed by atoms with Gasteiger partial charge >= 0.3 is 0 Å². The molecule has 0 aromatic heterocycles. The molecule has 2 fully saturated rings. The van der Waals surface area contributed by atoms with Crippen LogP contribution in [0.25, 0.3) is 0 Å². The van der Waals surface area contributed by atoms with Crippen molar-refractivity contribution in [3.63, 3.8) is 0 Å². The van der Waals surface area contributed by atoms with Crippen LogP contribution >= 0.6 is 0 Å². The first kappa shape index (κ1) is 19.5. The zero-order valence-corrected chi connectivity index (χ0v) is 17.1. The summed E-state index contributed by atoms with van der Waals surface area (Å²) in [5.74, 6) is -1.64. The predicted octanol–water partition coefficient (Wildman–Crippen LogP) is 1.51. The minimum atomic E-state index is -1.32. The van der Waals surface area contributed by atoms with Gasteiger partial charge in [0.15, 0.2) is 6.67 Å². The first-order valence-corrected chi connectivity index (χ1v) is 10.6. The van der Waals surface area contributed by atoms with Crippen LogP contribution in [0.3, 0.4) is 0 Å². The Hall–Kier alpha value is -2.48. The summed E-state index contributed by atoms with van der Waals surface area (Å²) in [6.07, 6.45) is 0.743. The highest BCUT2D eigenvalue weighted by molar-refractivity contribution is 6.05. The van der Waals surface area contributed by atoms with Crippen LogP contribution in [0.4, 0.5) is 15.8 Å². The third-order valence-electron chi connectivity index (χ3n) is 6.32. The Bertz CT molecular complexity index is 947. The minimum absolute atomic E-state index is 0.0348. The second kappa shape index (κ2) is 7.65. The lowest BCUT2D eigenvalue weighted by Gasteiger charge is -2.37. The Morgan fingerprint density at radius 1 is 1.10 bits per heavy atom. The molecule has 2 atom stereocenters. The summed E-state index contributed by atoms with van der Waals surface area (Å²) in [5, 5.41) is 0. The van der Waals surface area contributed by atoms with Crippen molar-refractivity contribution >= 4 is 17.3 Å². The van der Waals surface area contributed by atoms with Crippen molar-refractivity contribution < 1.29 is 23.6 Å². The van der Waals surface area contributed by atoms with Gasteiger partial charge in [-0.3, -0.25) is 9.69 Å². The smallest absolute Gasteiger partial charge is 0.296 e. The monoisotopic (exact) mass is 412 g/mol. The van der Waals surface area contributed by atoms with Gasteiger partial charge < -0.3 is 19.3 Å². The lowest BCUT2D eigenvalue weighted by molar-refractivity contribution is -0.899. The van der Waals surface area contributed by atoms with Crippen LogP contribution in [-0.2, 0) is 20.1 Å². The Morgan fingerprint density at radius 3 is 2.53 bits per heavy atom. The van der Waals surface area contributed by atoms with Gasteiger partial charge in [-0.15, -0.1) is 0 Å². The van der Waals surface area contributed by atoms with Crippen molar-refractivity contribution in [2.45, 2.75) is 25.2 Å². The van der Waals surface area contributed by atoms with E-state index >= 15 is 0 Å². The molecule has 3 aliphatic rings. The fraction of sp³-hybridized carbons (Fsp3) is 0.435. The SMILES string of the molecule is C[C@H]1CCO[C@@]2(O1)C(=O)N(C[NH+]1CCN(c3ccccc3F)CC1)c1ccccc12. The van der Waals surface area contributed by atoms with E-state index in [9.17, 15) is 9.18 Å². The van der Waals surface area contributed by atoms with Crippen LogP contribution in [0.5, 0.6) is 0 Å². The van der Waals surface area contributed by atoms with E-state index in [-0.39, 0.29) is 17.8 Å². The highest BCUT2D eigenvalue weighted by Crippen LogP contribution is 2.45. The molecule has 2 aromatic carbocycles. The molecule has 3 aliphatic heterocycles. The molecule has 158 valence electrons. The van der Waals surface area contributed by atoms with Gasteiger partial charge in [-0.25, -0.2) is 4.39 Å². The molecule has 0 bridgehead atoms. The van der Waals surface area contributed by atoms with Gasteiger partial charge in [0.05, 0.1) is 50.3 Å². The largest absolute Gasteiger partial charge is 0.358 e. The number of hydrogen-bond donors (Lipinski definition) is 1. The average molecular weight is 412 g/mol. The van der Waals surface area contributed by atoms with E-state index in [0.717, 1.165) is 43.9 Å². The Kier molecular flexibility index (Phi) is 4.97. The summed E-state index contributed by atoms with van der Waals surface area (Å²) in [4.78, 5) is 18.7. The highest BCUT2D eigenvalue weighted by atomic mass is 19.1. The number of fused-ring (bicyclic) bond motifs is 2. The number of nitrogens with one attached hydrogen (secondary N) is 1. The van der Waals surface area contributed by atoms with Gasteiger partial charge in [0, 0.05) is 5.56 Å². The van der Waals surface area contributed by atoms with Crippen LogP contribution in [0.2, 0.25) is 0 Å². The standard InChI is InChI=1S/C23H26FN3O3/c1-17-10-15-29-23(30-17)18-6-2-4-8-20(18)27(22(23)28)16-25-11-13-26(14-12-25)21-9-5-3-7-19(21)24/h2-9,17H,10-16H2,1H3/p+1/t17-,23-/m0/s1. The number of halogens is 1. The second-order valence-electron chi connectivity index (χ2n) is 8.28. The maximum atomic E-state index is 14.1. The summed E-state index contributed by atoms with van der Waals surface area (Å²) in [6, 6.07) is 14.6. The molecule has 0 saturated carbocycles. The third-order valence-corrected chi connectivity index (χ3v) is 6.32. The van der Waals surface area contributed by atoms with Crippen LogP contribution < -0.4 is 14.7 Å². The number of benzene rings is 2. The molecule has 30 heavy (non-hydrogen) atoms. The van der Waals surface area contributed by atoms with Crippen LogP contribution in [0, 0.1) is 5.82 Å². The van der Waals surface area contributed by atoms with Crippen LogP contribution in [-0.4, -0.2) is 51.5 Å². The van der Waals surface area contributed by atoms with Gasteiger partial charge in [0.25, 0.3) is 11.7 Å². The third kappa shape index (κ3) is 3.17. The topological polar surface area (TPSA) is 46.5 Å². The molecule has 1 N–H and O–H groups in total. The lowest BCUT2D eigenvalue weighted by atomic mass is 10.1. The summed E-state index contributed by atoms with van der Waals surface area (Å²) < 4.78 is 26.2. The normalized spacial score (nSPS) is 27.0. The van der Waals surface area contributed by atoms with Crippen molar-refractivity contribution in [1.29, 1.82) is 0 Å². The maximum Gasteiger partial charge on any atom is 0.296 e. The molecule has 1 amide bonds. The van der Waals surface area contributed by atoms with Gasteiger partial charge in [0.1, 0.15) is 5.82 Å². The average Bonchev–Trinajstić information content (AvgIpc) is 2.97. The van der Waals surface area contributed by atoms with E-state index in [1.807, 2.05) is 48.2 Å². The summed E-state index contributed by atoms with van der Waals surface area (Å²) >= 11 is 0. The number of hydrogen-bond acceptors (Lipinski definition) is 4. The Labute approximate surface area is 175 Å². The molecule has 1 spiro atoms. The van der Waals surface area contributed by atoms with Gasteiger partial charge in [0.2, 0.25) is 0 Å². The van der Waals surface area contributed by atoms with E-state index < -0.39 is 5.79 Å². The molecule has 0 aliphatic carbocycles. The van der Waals surface area contributed by atoms with E-state index in [2.05, 4.69) is 4.90 Å². The zero-order chi connectivity index (χ0) is 20.7. The van der Waals surface area contributed by atoms with Crippen LogP contribution in [0.15, 0.2) is 48.5 Å². The Balaban J connectivity index is 1.32. The number of ether oxygens (including phenoxy) is 2. The zero-order valence-electron chi connectivity index (χ0n) is 17.1. The molecular formula is C23H27FN3O3+. The molecule has 3 heterocycles. The first-order chi connectivity index (χ1) is 14.6. The molecule has 7 heteroatoms. The molecule has 5 rings (SSSR count). The van der Waals surface area contributed by atoms with Crippen molar-refractivity contribution in [2.75, 3.05) is 49.3 Å². The van der Waals surface area contributed by atoms with Crippen molar-refractivity contribution in [3.8, 4) is 0 Å². The van der Waals surface area contributed by atoms with Gasteiger partial charge in [-0.2, -0.15) is 0 Å². The molecule has 0 unspecified atom stereocenters. The highest BCUT2D eigenvalue weighted by Gasteiger charge is 2.56. The number of nitrogens with zero attached hydrogens (tertiary/aromatic N) is 2. The number of piperazine rings is 1. The Morgan fingerprint density at radius 2 is 1.80 bits per heavy atom. The predicted molar refractivity (Wildman–Crippen MR) is 111 cm³/mol. The van der Waals surface area contributed by atoms with Crippen molar-refractivity contribution in [2.24, 2.45) is 0 Å². The quantitative estimate of drug-likeness (QED) is 0.831. The first-order valence-electron chi connectivity index (χ1n) is 10.6. The number of rotatable bonds is 3. The molecule has 2 aromatic rings. The number of carbonyl (C=O) groups is 1. The van der Waals surface area contributed by atoms with Crippen molar-refractivity contribution in [1.82, 2.24) is 0 Å². The minimum Gasteiger partial charge on any atom is -0.358 e. The fourth-order valence-corrected chi connectivity index (χ4v) is 4.70. The summed E-state index contributed by atoms with van der Waals surface area (Å²) in [7, 11) is 0. The van der Waals surface area contributed by atoms with E-state index in [1.165, 1.54) is 11.0 Å². The second-order valence-corrected chi connectivity index (χ2v) is 8.28. The molecule has 2 saturated heterocycles. The number of quaternary nitrogens is 1. The maximum absolute atomic E-state index is 14.1. The molecule has 0 radical (unpaired) electrons. The number of carbonyl (C=O) groups excluding carboxylic acids is 1. The summed E-state index contributed by atoms with van der Waals surface area (Å²) in [6.45, 7) is 6.17. The molecule has 6 nitrogen and oxygen atoms in total. The number of amides is 1. The van der Waals surface area contributed by atoms with Gasteiger partial charge in [-0.05, 0) is 31.5 Å². The van der Waals surface area contributed by atoms with Crippen molar-refractivity contribution in [3.05, 3.63) is 59.9 Å². The van der Waals surface area contributed by atoms with E-state index in [0.29, 0.717) is 19.0 Å². The van der Waals surface area contributed by atoms with Gasteiger partial charge in [-0.1, -0.05) is 30.3 Å². The molecular weight excluding hydrogens is 385 g/mol. The number of para-hydroxylation sites is 2. The van der Waals surface area contributed by atoms with Crippen LogP contribution in [0.1, 0.15) is 18.9 Å². The van der Waals surface area contributed by atoms with E-state index in [1.54, 1.807) is 6.07 Å². The summed E-state index contributed by atoms with van der Waals surface area (Å²) in [5.41, 5.74) is 2.31. The lowest BCUT2D eigenvalue weighted by Crippen LogP contribution is -3.16. The number of anilines is 2. The van der Waals surface area contributed by atoms with E-state index in [4.69, 9.17) is 9.47 Å².